The lowest BCUT2D eigenvalue weighted by molar-refractivity contribution is -0.135. The van der Waals surface area contributed by atoms with Gasteiger partial charge in [0.05, 0.1) is 11.3 Å². The number of carbonyl (C=O) groups is 3. The highest BCUT2D eigenvalue weighted by Crippen LogP contribution is 2.18. The lowest BCUT2D eigenvalue weighted by atomic mass is 10.1. The summed E-state index contributed by atoms with van der Waals surface area (Å²) in [5.41, 5.74) is 0.918. The fourth-order valence-corrected chi connectivity index (χ4v) is 3.13. The van der Waals surface area contributed by atoms with Crippen LogP contribution in [0.5, 0.6) is 0 Å². The van der Waals surface area contributed by atoms with E-state index in [1.807, 2.05) is 0 Å². The van der Waals surface area contributed by atoms with E-state index in [2.05, 4.69) is 5.32 Å². The number of amides is 2. The zero-order valence-corrected chi connectivity index (χ0v) is 16.1. The number of nitrogens with one attached hydrogen (secondary N) is 1. The first kappa shape index (κ1) is 19.9. The molecule has 1 fully saturated rings. The van der Waals surface area contributed by atoms with E-state index >= 15 is 0 Å². The maximum absolute atomic E-state index is 12.5. The molecule has 1 aliphatic heterocycles. The van der Waals surface area contributed by atoms with E-state index in [1.165, 1.54) is 0 Å². The van der Waals surface area contributed by atoms with Crippen LogP contribution in [0.1, 0.15) is 40.0 Å². The molecule has 0 radical (unpaired) electrons. The van der Waals surface area contributed by atoms with Gasteiger partial charge < -0.3 is 15.0 Å². The number of carbonyl (C=O) groups excluding carboxylic acids is 3. The van der Waals surface area contributed by atoms with Crippen LogP contribution in [-0.2, 0) is 9.53 Å². The maximum Gasteiger partial charge on any atom is 0.340 e. The monoisotopic (exact) mass is 400 g/mol. The van der Waals surface area contributed by atoms with E-state index < -0.39 is 5.97 Å². The van der Waals surface area contributed by atoms with Gasteiger partial charge in [-0.1, -0.05) is 23.7 Å². The number of halogens is 1. The second-order valence-corrected chi connectivity index (χ2v) is 6.96. The second-order valence-electron chi connectivity index (χ2n) is 6.52. The SMILES string of the molecule is O=C(Nc1ccccc1C(=O)OCC(=O)N1CCCCC1)c1ccc(Cl)cc1. The molecule has 0 saturated carbocycles. The minimum Gasteiger partial charge on any atom is -0.452 e. The Labute approximate surface area is 168 Å². The van der Waals surface area contributed by atoms with Crippen molar-refractivity contribution in [3.05, 3.63) is 64.7 Å². The van der Waals surface area contributed by atoms with Gasteiger partial charge in [0.1, 0.15) is 0 Å². The summed E-state index contributed by atoms with van der Waals surface area (Å²) in [7, 11) is 0. The topological polar surface area (TPSA) is 75.7 Å². The Balaban J connectivity index is 1.63. The Morgan fingerprint density at radius 1 is 0.964 bits per heavy atom. The molecule has 3 rings (SSSR count). The molecule has 2 aromatic carbocycles. The van der Waals surface area contributed by atoms with Crippen molar-refractivity contribution in [1.82, 2.24) is 4.90 Å². The summed E-state index contributed by atoms with van der Waals surface area (Å²) in [4.78, 5) is 38.7. The normalized spacial score (nSPS) is 13.7. The Hall–Kier alpha value is -2.86. The largest absolute Gasteiger partial charge is 0.452 e. The molecule has 2 amide bonds. The van der Waals surface area contributed by atoms with E-state index in [0.717, 1.165) is 19.3 Å². The van der Waals surface area contributed by atoms with E-state index in [1.54, 1.807) is 53.4 Å². The summed E-state index contributed by atoms with van der Waals surface area (Å²) in [5.74, 6) is -1.23. The molecule has 6 nitrogen and oxygen atoms in total. The van der Waals surface area contributed by atoms with Crippen LogP contribution in [0.15, 0.2) is 48.5 Å². The molecular formula is C21H21ClN2O4. The van der Waals surface area contributed by atoms with Crippen molar-refractivity contribution < 1.29 is 19.1 Å². The Morgan fingerprint density at radius 2 is 1.64 bits per heavy atom. The number of hydrogen-bond acceptors (Lipinski definition) is 4. The minimum absolute atomic E-state index is 0.191. The average Bonchev–Trinajstić information content (AvgIpc) is 2.73. The molecule has 2 aromatic rings. The standard InChI is InChI=1S/C21H21ClN2O4/c22-16-10-8-15(9-11-16)20(26)23-18-7-3-2-6-17(18)21(27)28-14-19(25)24-12-4-1-5-13-24/h2-3,6-11H,1,4-5,12-14H2,(H,23,26). The third kappa shape index (κ3) is 5.10. The average molecular weight is 401 g/mol. The molecule has 7 heteroatoms. The Bertz CT molecular complexity index is 861. The van der Waals surface area contributed by atoms with Gasteiger partial charge in [-0.25, -0.2) is 4.79 Å². The third-order valence-corrected chi connectivity index (χ3v) is 4.79. The van der Waals surface area contributed by atoms with Gasteiger partial charge in [-0.15, -0.1) is 0 Å². The number of likely N-dealkylation sites (tertiary alicyclic amines) is 1. The van der Waals surface area contributed by atoms with Gasteiger partial charge >= 0.3 is 5.97 Å². The fraction of sp³-hybridized carbons (Fsp3) is 0.286. The molecule has 1 saturated heterocycles. The Kier molecular flexibility index (Phi) is 6.66. The molecule has 0 spiro atoms. The molecule has 0 atom stereocenters. The number of rotatable bonds is 5. The number of para-hydroxylation sites is 1. The minimum atomic E-state index is -0.655. The summed E-state index contributed by atoms with van der Waals surface area (Å²) in [5, 5.41) is 3.23. The molecule has 0 aliphatic carbocycles. The fourth-order valence-electron chi connectivity index (χ4n) is 3.01. The summed E-state index contributed by atoms with van der Waals surface area (Å²) in [6.45, 7) is 1.09. The summed E-state index contributed by atoms with van der Waals surface area (Å²) in [6.07, 6.45) is 3.06. The van der Waals surface area contributed by atoms with Crippen LogP contribution in [0, 0.1) is 0 Å². The predicted molar refractivity (Wildman–Crippen MR) is 107 cm³/mol. The van der Waals surface area contributed by atoms with Crippen LogP contribution in [0.3, 0.4) is 0 Å². The quantitative estimate of drug-likeness (QED) is 0.775. The van der Waals surface area contributed by atoms with Crippen molar-refractivity contribution in [2.45, 2.75) is 19.3 Å². The van der Waals surface area contributed by atoms with E-state index in [4.69, 9.17) is 16.3 Å². The van der Waals surface area contributed by atoms with Gasteiger partial charge in [0.2, 0.25) is 0 Å². The van der Waals surface area contributed by atoms with Crippen molar-refractivity contribution in [1.29, 1.82) is 0 Å². The molecule has 146 valence electrons. The van der Waals surface area contributed by atoms with Gasteiger partial charge in [0.25, 0.3) is 11.8 Å². The van der Waals surface area contributed by atoms with Crippen LogP contribution < -0.4 is 5.32 Å². The zero-order valence-electron chi connectivity index (χ0n) is 15.3. The molecule has 1 heterocycles. The van der Waals surface area contributed by atoms with Crippen LogP contribution >= 0.6 is 11.6 Å². The molecule has 1 aliphatic rings. The van der Waals surface area contributed by atoms with E-state index in [-0.39, 0.29) is 24.0 Å². The van der Waals surface area contributed by atoms with Crippen LogP contribution in [-0.4, -0.2) is 42.4 Å². The molecule has 1 N–H and O–H groups in total. The first-order valence-corrected chi connectivity index (χ1v) is 9.53. The van der Waals surface area contributed by atoms with Crippen molar-refractivity contribution >= 4 is 35.1 Å². The van der Waals surface area contributed by atoms with Crippen LogP contribution in [0.4, 0.5) is 5.69 Å². The first-order chi connectivity index (χ1) is 13.5. The Morgan fingerprint density at radius 3 is 2.36 bits per heavy atom. The lowest BCUT2D eigenvalue weighted by Crippen LogP contribution is -2.38. The van der Waals surface area contributed by atoms with Gasteiger partial charge in [-0.3, -0.25) is 9.59 Å². The zero-order chi connectivity index (χ0) is 19.9. The molecule has 0 aromatic heterocycles. The molecular weight excluding hydrogens is 380 g/mol. The van der Waals surface area contributed by atoms with Crippen molar-refractivity contribution in [2.24, 2.45) is 0 Å². The van der Waals surface area contributed by atoms with Crippen molar-refractivity contribution in [2.75, 3.05) is 25.0 Å². The predicted octanol–water partition coefficient (Wildman–Crippen LogP) is 3.76. The summed E-state index contributed by atoms with van der Waals surface area (Å²) < 4.78 is 5.19. The van der Waals surface area contributed by atoms with Gasteiger partial charge in [0, 0.05) is 23.7 Å². The number of hydrogen-bond donors (Lipinski definition) is 1. The first-order valence-electron chi connectivity index (χ1n) is 9.15. The molecule has 28 heavy (non-hydrogen) atoms. The second kappa shape index (κ2) is 9.37. The van der Waals surface area contributed by atoms with Crippen LogP contribution in [0.2, 0.25) is 5.02 Å². The number of esters is 1. The van der Waals surface area contributed by atoms with Gasteiger partial charge in [-0.05, 0) is 55.7 Å². The van der Waals surface area contributed by atoms with Gasteiger partial charge in [-0.2, -0.15) is 0 Å². The van der Waals surface area contributed by atoms with E-state index in [0.29, 0.717) is 29.4 Å². The lowest BCUT2D eigenvalue weighted by Gasteiger charge is -2.26. The summed E-state index contributed by atoms with van der Waals surface area (Å²) >= 11 is 5.84. The summed E-state index contributed by atoms with van der Waals surface area (Å²) in [6, 6.07) is 12.9. The number of benzene rings is 2. The smallest absolute Gasteiger partial charge is 0.340 e. The highest BCUT2D eigenvalue weighted by molar-refractivity contribution is 6.30. The van der Waals surface area contributed by atoms with Gasteiger partial charge in [0.15, 0.2) is 6.61 Å². The maximum atomic E-state index is 12.5. The van der Waals surface area contributed by atoms with Crippen LogP contribution in [0.25, 0.3) is 0 Å². The van der Waals surface area contributed by atoms with Crippen molar-refractivity contribution in [3.8, 4) is 0 Å². The molecule has 0 unspecified atom stereocenters. The third-order valence-electron chi connectivity index (χ3n) is 4.54. The van der Waals surface area contributed by atoms with E-state index in [9.17, 15) is 14.4 Å². The highest BCUT2D eigenvalue weighted by atomic mass is 35.5. The number of nitrogens with zero attached hydrogens (tertiary/aromatic N) is 1. The number of piperidine rings is 1. The molecule has 0 bridgehead atoms. The van der Waals surface area contributed by atoms with Crippen molar-refractivity contribution in [3.63, 3.8) is 0 Å². The number of anilines is 1. The highest BCUT2D eigenvalue weighted by Gasteiger charge is 2.20. The number of ether oxygens (including phenoxy) is 1.